The Morgan fingerprint density at radius 1 is 1.42 bits per heavy atom. The quantitative estimate of drug-likeness (QED) is 0.558. The SMILES string of the molecule is CCCC(CC(C)CC)CN1CCc2cc(C(=O)NC#N)cc(F)c2C1. The van der Waals surface area contributed by atoms with Gasteiger partial charge in [0.2, 0.25) is 0 Å². The molecule has 1 heterocycles. The minimum Gasteiger partial charge on any atom is -0.298 e. The Bertz CT molecular complexity index is 668. The standard InChI is InChI=1S/C21H30FN3O/c1-4-6-16(9-15(3)5-2)12-25-8-7-17-10-18(21(26)24-14-23)11-20(22)19(17)13-25/h10-11,15-16H,4-9,12-13H2,1-3H3,(H,24,26). The van der Waals surface area contributed by atoms with Crippen LogP contribution in [0.15, 0.2) is 12.1 Å². The molecule has 2 rings (SSSR count). The lowest BCUT2D eigenvalue weighted by atomic mass is 9.89. The number of nitrogens with one attached hydrogen (secondary N) is 1. The maximum absolute atomic E-state index is 14.6. The van der Waals surface area contributed by atoms with Crippen molar-refractivity contribution in [2.24, 2.45) is 11.8 Å². The van der Waals surface area contributed by atoms with Crippen LogP contribution in [0.3, 0.4) is 0 Å². The summed E-state index contributed by atoms with van der Waals surface area (Å²) in [5.74, 6) is 0.485. The van der Waals surface area contributed by atoms with Gasteiger partial charge < -0.3 is 0 Å². The molecule has 2 atom stereocenters. The van der Waals surface area contributed by atoms with Crippen LogP contribution in [0.1, 0.15) is 67.9 Å². The van der Waals surface area contributed by atoms with Crippen molar-refractivity contribution in [2.45, 2.75) is 59.4 Å². The molecule has 1 amide bonds. The van der Waals surface area contributed by atoms with Crippen molar-refractivity contribution in [2.75, 3.05) is 13.1 Å². The maximum Gasteiger partial charge on any atom is 0.264 e. The van der Waals surface area contributed by atoms with Crippen molar-refractivity contribution in [1.29, 1.82) is 5.26 Å². The minimum absolute atomic E-state index is 0.219. The molecule has 0 radical (unpaired) electrons. The molecule has 1 aromatic rings. The van der Waals surface area contributed by atoms with Gasteiger partial charge in [0.15, 0.2) is 6.19 Å². The summed E-state index contributed by atoms with van der Waals surface area (Å²) >= 11 is 0. The fourth-order valence-electron chi connectivity index (χ4n) is 3.88. The zero-order valence-corrected chi connectivity index (χ0v) is 16.1. The summed E-state index contributed by atoms with van der Waals surface area (Å²) < 4.78 is 14.6. The normalized spacial score (nSPS) is 16.4. The number of rotatable bonds is 8. The van der Waals surface area contributed by atoms with E-state index in [0.717, 1.165) is 31.0 Å². The number of hydrogen-bond acceptors (Lipinski definition) is 3. The summed E-state index contributed by atoms with van der Waals surface area (Å²) in [5, 5.41) is 10.6. The topological polar surface area (TPSA) is 56.1 Å². The van der Waals surface area contributed by atoms with Crippen molar-refractivity contribution in [3.05, 3.63) is 34.6 Å². The number of carbonyl (C=O) groups excluding carboxylic acids is 1. The molecule has 0 saturated carbocycles. The van der Waals surface area contributed by atoms with Crippen LogP contribution in [-0.4, -0.2) is 23.9 Å². The van der Waals surface area contributed by atoms with Crippen molar-refractivity contribution in [1.82, 2.24) is 10.2 Å². The van der Waals surface area contributed by atoms with Crippen molar-refractivity contribution < 1.29 is 9.18 Å². The third-order valence-corrected chi connectivity index (χ3v) is 5.44. The van der Waals surface area contributed by atoms with E-state index in [-0.39, 0.29) is 11.4 Å². The number of hydrogen-bond donors (Lipinski definition) is 1. The molecule has 1 aliphatic heterocycles. The number of carbonyl (C=O) groups is 1. The van der Waals surface area contributed by atoms with E-state index in [0.29, 0.717) is 18.0 Å². The van der Waals surface area contributed by atoms with E-state index in [1.165, 1.54) is 31.7 Å². The summed E-state index contributed by atoms with van der Waals surface area (Å²) in [5.41, 5.74) is 1.80. The van der Waals surface area contributed by atoms with E-state index in [4.69, 9.17) is 5.26 Å². The predicted molar refractivity (Wildman–Crippen MR) is 101 cm³/mol. The molecular weight excluding hydrogens is 329 g/mol. The van der Waals surface area contributed by atoms with Gasteiger partial charge in [-0.25, -0.2) is 4.39 Å². The molecule has 0 saturated heterocycles. The molecule has 26 heavy (non-hydrogen) atoms. The van der Waals surface area contributed by atoms with Crippen molar-refractivity contribution >= 4 is 5.91 Å². The fourth-order valence-corrected chi connectivity index (χ4v) is 3.88. The summed E-state index contributed by atoms with van der Waals surface area (Å²) in [6.45, 7) is 9.26. The fraction of sp³-hybridized carbons (Fsp3) is 0.619. The number of halogens is 1. The highest BCUT2D eigenvalue weighted by Crippen LogP contribution is 2.27. The predicted octanol–water partition coefficient (Wildman–Crippen LogP) is 4.25. The van der Waals surface area contributed by atoms with Gasteiger partial charge in [-0.3, -0.25) is 15.0 Å². The first-order chi connectivity index (χ1) is 12.5. The van der Waals surface area contributed by atoms with Gasteiger partial charge in [0.05, 0.1) is 0 Å². The average molecular weight is 359 g/mol. The third kappa shape index (κ3) is 5.28. The molecule has 0 fully saturated rings. The van der Waals surface area contributed by atoms with E-state index < -0.39 is 5.91 Å². The van der Waals surface area contributed by atoms with Crippen LogP contribution in [-0.2, 0) is 13.0 Å². The second kappa shape index (κ2) is 9.68. The highest BCUT2D eigenvalue weighted by Gasteiger charge is 2.24. The highest BCUT2D eigenvalue weighted by molar-refractivity contribution is 5.95. The zero-order valence-electron chi connectivity index (χ0n) is 16.1. The first kappa shape index (κ1) is 20.4. The van der Waals surface area contributed by atoms with Gasteiger partial charge in [0.1, 0.15) is 5.82 Å². The Labute approximate surface area is 156 Å². The van der Waals surface area contributed by atoms with Crippen LogP contribution in [0.25, 0.3) is 0 Å². The Morgan fingerprint density at radius 3 is 2.85 bits per heavy atom. The van der Waals surface area contributed by atoms with Gasteiger partial charge >= 0.3 is 0 Å². The van der Waals surface area contributed by atoms with E-state index in [1.54, 1.807) is 12.3 Å². The molecule has 1 aromatic carbocycles. The number of nitrogens with zero attached hydrogens (tertiary/aromatic N) is 2. The van der Waals surface area contributed by atoms with Crippen LogP contribution in [0.4, 0.5) is 4.39 Å². The smallest absolute Gasteiger partial charge is 0.264 e. The molecule has 1 aliphatic rings. The van der Waals surface area contributed by atoms with Gasteiger partial charge in [-0.15, -0.1) is 0 Å². The van der Waals surface area contributed by atoms with Crippen LogP contribution >= 0.6 is 0 Å². The first-order valence-corrected chi connectivity index (χ1v) is 9.71. The van der Waals surface area contributed by atoms with Crippen LogP contribution < -0.4 is 5.32 Å². The summed E-state index contributed by atoms with van der Waals surface area (Å²) in [4.78, 5) is 14.1. The third-order valence-electron chi connectivity index (χ3n) is 5.44. The molecule has 1 N–H and O–H groups in total. The Balaban J connectivity index is 2.08. The van der Waals surface area contributed by atoms with Gasteiger partial charge in [0, 0.05) is 30.8 Å². The van der Waals surface area contributed by atoms with Crippen LogP contribution in [0.5, 0.6) is 0 Å². The monoisotopic (exact) mass is 359 g/mol. The van der Waals surface area contributed by atoms with Gasteiger partial charge in [0.25, 0.3) is 5.91 Å². The molecule has 2 unspecified atom stereocenters. The largest absolute Gasteiger partial charge is 0.298 e. The summed E-state index contributed by atoms with van der Waals surface area (Å²) in [7, 11) is 0. The highest BCUT2D eigenvalue weighted by atomic mass is 19.1. The zero-order chi connectivity index (χ0) is 19.1. The second-order valence-corrected chi connectivity index (χ2v) is 7.55. The molecule has 0 bridgehead atoms. The molecule has 0 aromatic heterocycles. The average Bonchev–Trinajstić information content (AvgIpc) is 2.62. The van der Waals surface area contributed by atoms with Crippen LogP contribution in [0.2, 0.25) is 0 Å². The molecular formula is C21H30FN3O. The number of amides is 1. The molecule has 4 nitrogen and oxygen atoms in total. The van der Waals surface area contributed by atoms with Gasteiger partial charge in [-0.2, -0.15) is 5.26 Å². The lowest BCUT2D eigenvalue weighted by molar-refractivity contribution is 0.0972. The minimum atomic E-state index is -0.548. The summed E-state index contributed by atoms with van der Waals surface area (Å²) in [6, 6.07) is 2.97. The van der Waals surface area contributed by atoms with Gasteiger partial charge in [-0.1, -0.05) is 33.6 Å². The molecule has 142 valence electrons. The van der Waals surface area contributed by atoms with E-state index in [1.807, 2.05) is 0 Å². The first-order valence-electron chi connectivity index (χ1n) is 9.71. The van der Waals surface area contributed by atoms with E-state index in [9.17, 15) is 9.18 Å². The number of benzene rings is 1. The lowest BCUT2D eigenvalue weighted by Gasteiger charge is -2.33. The van der Waals surface area contributed by atoms with Crippen LogP contribution in [0, 0.1) is 29.1 Å². The van der Waals surface area contributed by atoms with Crippen molar-refractivity contribution in [3.63, 3.8) is 0 Å². The lowest BCUT2D eigenvalue weighted by Crippen LogP contribution is -2.36. The van der Waals surface area contributed by atoms with E-state index in [2.05, 4.69) is 31.0 Å². The van der Waals surface area contributed by atoms with Crippen molar-refractivity contribution in [3.8, 4) is 6.19 Å². The Kier molecular flexibility index (Phi) is 7.59. The Morgan fingerprint density at radius 2 is 2.19 bits per heavy atom. The molecule has 0 aliphatic carbocycles. The van der Waals surface area contributed by atoms with Gasteiger partial charge in [-0.05, 0) is 48.8 Å². The molecule has 0 spiro atoms. The summed E-state index contributed by atoms with van der Waals surface area (Å²) in [6.07, 6.45) is 7.15. The second-order valence-electron chi connectivity index (χ2n) is 7.55. The van der Waals surface area contributed by atoms with E-state index >= 15 is 0 Å². The Hall–Kier alpha value is -1.93. The maximum atomic E-state index is 14.6. The molecule has 5 heteroatoms. The number of nitriles is 1. The number of fused-ring (bicyclic) bond motifs is 1.